The molecule has 0 fully saturated rings. The van der Waals surface area contributed by atoms with Crippen LogP contribution in [-0.2, 0) is 61.0 Å². The van der Waals surface area contributed by atoms with Crippen LogP contribution in [0.2, 0.25) is 0 Å². The van der Waals surface area contributed by atoms with Gasteiger partial charge in [0, 0.05) is 0 Å². The van der Waals surface area contributed by atoms with Gasteiger partial charge in [-0.05, 0) is 0 Å². The smallest absolute Gasteiger partial charge is 0.813 e. The van der Waals surface area contributed by atoms with Crippen molar-refractivity contribution in [1.82, 2.24) is 0 Å². The topological polar surface area (TPSA) is 190 Å². The summed E-state index contributed by atoms with van der Waals surface area (Å²) in [7, 11) is -10.9. The zero-order valence-corrected chi connectivity index (χ0v) is 13.7. The molecule has 86 valence electrons. The Kier molecular flexibility index (Phi) is 51.7. The molecule has 0 amide bonds. The Morgan fingerprint density at radius 2 is 0.571 bits per heavy atom. The van der Waals surface area contributed by atoms with Gasteiger partial charge >= 0.3 is 47.3 Å². The fraction of sp³-hybridized carbons (Fsp3) is 0. The van der Waals surface area contributed by atoms with Crippen molar-refractivity contribution in [3.05, 3.63) is 0 Å². The van der Waals surface area contributed by atoms with E-state index in [1.807, 2.05) is 0 Å². The maximum Gasteiger partial charge on any atom is 4.00 e. The van der Waals surface area contributed by atoms with Crippen molar-refractivity contribution in [2.75, 3.05) is 0 Å². The van der Waals surface area contributed by atoms with Gasteiger partial charge in [-0.3, -0.25) is 0 Å². The summed E-state index contributed by atoms with van der Waals surface area (Å²) in [5.41, 5.74) is 0. The molecule has 0 spiro atoms. The number of hydrogen-bond acceptors (Lipinski definition) is 9. The predicted molar refractivity (Wildman–Crippen MR) is 27.0 cm³/mol. The van der Waals surface area contributed by atoms with Gasteiger partial charge in [-0.25, -0.2) is 0 Å². The molecule has 0 bridgehead atoms. The van der Waals surface area contributed by atoms with Gasteiger partial charge in [0.2, 0.25) is 0 Å². The second-order valence-electron chi connectivity index (χ2n) is 0.750. The molecule has 9 nitrogen and oxygen atoms in total. The monoisotopic (exact) mass is 525 g/mol. The van der Waals surface area contributed by atoms with Gasteiger partial charge in [-0.15, -0.1) is 0 Å². The zero-order chi connectivity index (χ0) is 10.7. The molecule has 0 aromatic rings. The summed E-state index contributed by atoms with van der Waals surface area (Å²) in [4.78, 5) is 51.1. The van der Waals surface area contributed by atoms with E-state index in [-0.39, 0.29) is 47.3 Å². The Balaban J connectivity index is -0.0000000270. The van der Waals surface area contributed by atoms with Gasteiger partial charge in [0.1, 0.15) is 0 Å². The first-order chi connectivity index (χ1) is 5.20. The van der Waals surface area contributed by atoms with Crippen LogP contribution in [-0.4, -0.2) is 0 Å². The molecule has 0 atom stereocenters. The van der Waals surface area contributed by atoms with E-state index in [9.17, 15) is 0 Å². The molecule has 14 heavy (non-hydrogen) atoms. The van der Waals surface area contributed by atoms with Crippen LogP contribution < -0.4 is 29.4 Å². The van der Waals surface area contributed by atoms with Crippen molar-refractivity contribution in [2.24, 2.45) is 0 Å². The van der Waals surface area contributed by atoms with E-state index in [1.54, 1.807) is 0 Å². The van der Waals surface area contributed by atoms with Crippen molar-refractivity contribution in [3.8, 4) is 0 Å². The standard InChI is InChI=1S/3H3O3P.Pt.Zr/c3*1-4(2)3;;/h3*4H,(H2,1,2,3);;/q;;;+2;+4/p-6. The second kappa shape index (κ2) is 24.3. The minimum atomic E-state index is -3.63. The van der Waals surface area contributed by atoms with Crippen LogP contribution in [0.3, 0.4) is 0 Å². The summed E-state index contributed by atoms with van der Waals surface area (Å²) in [5.74, 6) is 0. The third-order valence-corrected chi connectivity index (χ3v) is 0. The van der Waals surface area contributed by atoms with E-state index in [2.05, 4.69) is 0 Å². The van der Waals surface area contributed by atoms with Crippen LogP contribution in [0.25, 0.3) is 0 Å². The Morgan fingerprint density at radius 1 is 0.571 bits per heavy atom. The predicted octanol–water partition coefficient (Wildman–Crippen LogP) is -5.71. The first-order valence-electron chi connectivity index (χ1n) is 1.84. The normalized spacial score (nSPS) is 7.50. The molecule has 0 aliphatic carbocycles. The molecule has 0 heterocycles. The van der Waals surface area contributed by atoms with E-state index in [1.165, 1.54) is 0 Å². The first kappa shape index (κ1) is 29.8. The molecule has 0 radical (unpaired) electrons. The van der Waals surface area contributed by atoms with Crippen LogP contribution >= 0.6 is 24.8 Å². The Hall–Kier alpha value is 2.02. The summed E-state index contributed by atoms with van der Waals surface area (Å²) >= 11 is 0. The number of rotatable bonds is 0. The van der Waals surface area contributed by atoms with Gasteiger partial charge < -0.3 is 43.1 Å². The van der Waals surface area contributed by atoms with Gasteiger partial charge in [0.15, 0.2) is 0 Å². The maximum atomic E-state index is 8.52. The van der Waals surface area contributed by atoms with Crippen LogP contribution in [0.1, 0.15) is 0 Å². The third-order valence-electron chi connectivity index (χ3n) is 0. The van der Waals surface area contributed by atoms with Crippen molar-refractivity contribution >= 4 is 24.8 Å². The minimum absolute atomic E-state index is 0. The summed E-state index contributed by atoms with van der Waals surface area (Å²) in [6.45, 7) is 0. The number of hydrogen-bond donors (Lipinski definition) is 0. The first-order valence-corrected chi connectivity index (χ1v) is 5.51. The molecule has 0 saturated carbocycles. The van der Waals surface area contributed by atoms with E-state index in [4.69, 9.17) is 43.1 Å². The third kappa shape index (κ3) is 582. The summed E-state index contributed by atoms with van der Waals surface area (Å²) in [6, 6.07) is 0. The van der Waals surface area contributed by atoms with Gasteiger partial charge in [0.25, 0.3) is 0 Å². The van der Waals surface area contributed by atoms with Crippen molar-refractivity contribution in [2.45, 2.75) is 0 Å². The SMILES string of the molecule is O=[PH]([O-])[O-].O=[PH]([O-])[O-].O=[PH]([O-])[O-].[Pt+2].[Zr+4]. The largest absolute Gasteiger partial charge is 4.00 e. The molecule has 14 heteroatoms. The van der Waals surface area contributed by atoms with E-state index < -0.39 is 24.8 Å². The molecule has 0 aromatic carbocycles. The van der Waals surface area contributed by atoms with Gasteiger partial charge in [0.05, 0.1) is 0 Å². The summed E-state index contributed by atoms with van der Waals surface area (Å²) in [5, 5.41) is 0. The van der Waals surface area contributed by atoms with E-state index >= 15 is 0 Å². The average Bonchev–Trinajstić information content (AvgIpc) is 1.54. The summed E-state index contributed by atoms with van der Waals surface area (Å²) < 4.78 is 25.6. The molecule has 0 aliphatic heterocycles. The molecule has 0 N–H and O–H groups in total. The molecule has 0 aliphatic rings. The van der Waals surface area contributed by atoms with Crippen LogP contribution in [0.5, 0.6) is 0 Å². The van der Waals surface area contributed by atoms with E-state index in [0.29, 0.717) is 0 Å². The quantitative estimate of drug-likeness (QED) is 0.277. The second-order valence-corrected chi connectivity index (χ2v) is 2.25. The van der Waals surface area contributed by atoms with Crippen molar-refractivity contribution in [1.29, 1.82) is 0 Å². The molecular formula is H3O9P3PtZr. The minimum Gasteiger partial charge on any atom is -0.813 e. The molecule has 0 rings (SSSR count). The zero-order valence-electron chi connectivity index (χ0n) is 5.99. The summed E-state index contributed by atoms with van der Waals surface area (Å²) in [6.07, 6.45) is 0. The fourth-order valence-electron chi connectivity index (χ4n) is 0. The van der Waals surface area contributed by atoms with Crippen LogP contribution in [0, 0.1) is 0 Å². The Bertz CT molecular complexity index is 118. The van der Waals surface area contributed by atoms with Crippen LogP contribution in [0.4, 0.5) is 0 Å². The van der Waals surface area contributed by atoms with E-state index in [0.717, 1.165) is 0 Å². The Labute approximate surface area is 114 Å². The van der Waals surface area contributed by atoms with Gasteiger partial charge in [-0.2, -0.15) is 0 Å². The molecular weight excluding hydrogens is 523 g/mol. The molecule has 0 unspecified atom stereocenters. The maximum absolute atomic E-state index is 8.52. The molecule has 0 aromatic heterocycles. The van der Waals surface area contributed by atoms with Crippen LogP contribution in [0.15, 0.2) is 0 Å². The average molecular weight is 526 g/mol. The van der Waals surface area contributed by atoms with Crippen molar-refractivity contribution < 1.29 is 90.3 Å². The Morgan fingerprint density at radius 3 is 0.571 bits per heavy atom. The molecule has 0 saturated heterocycles. The van der Waals surface area contributed by atoms with Gasteiger partial charge in [-0.1, -0.05) is 24.8 Å². The fourth-order valence-corrected chi connectivity index (χ4v) is 0. The van der Waals surface area contributed by atoms with Crippen molar-refractivity contribution in [3.63, 3.8) is 0 Å².